The molecule has 1 atom stereocenters. The highest BCUT2D eigenvalue weighted by atomic mass is 16.5. The lowest BCUT2D eigenvalue weighted by Crippen LogP contribution is -2.55. The molecule has 0 saturated carbocycles. The lowest BCUT2D eigenvalue weighted by Gasteiger charge is -2.46. The SMILES string of the molecule is CCc1ccc(OC)c(C(NC)C2(CN)COC2)c1. The topological polar surface area (TPSA) is 56.5 Å². The molecule has 1 unspecified atom stereocenters. The molecule has 1 heterocycles. The lowest BCUT2D eigenvalue weighted by atomic mass is 9.74. The number of benzene rings is 1. The fraction of sp³-hybridized carbons (Fsp3) is 0.600. The van der Waals surface area contributed by atoms with Crippen LogP contribution in [-0.4, -0.2) is 33.9 Å². The third-order valence-electron chi connectivity index (χ3n) is 4.10. The Hall–Kier alpha value is -1.10. The normalized spacial score (nSPS) is 18.7. The number of rotatable bonds is 6. The molecule has 1 aromatic carbocycles. The highest BCUT2D eigenvalue weighted by Crippen LogP contribution is 2.42. The maximum atomic E-state index is 5.98. The predicted octanol–water partition coefficient (Wildman–Crippen LogP) is 1.49. The van der Waals surface area contributed by atoms with Gasteiger partial charge in [0.05, 0.1) is 20.3 Å². The maximum absolute atomic E-state index is 5.98. The summed E-state index contributed by atoms with van der Waals surface area (Å²) < 4.78 is 10.9. The summed E-state index contributed by atoms with van der Waals surface area (Å²) in [6, 6.07) is 6.53. The number of ether oxygens (including phenoxy) is 2. The standard InChI is InChI=1S/C15H24N2O2/c1-4-11-5-6-13(18-3)12(7-11)14(17-2)15(8-16)9-19-10-15/h5-7,14,17H,4,8-10,16H2,1-3H3. The van der Waals surface area contributed by atoms with Crippen molar-refractivity contribution in [1.82, 2.24) is 5.32 Å². The average molecular weight is 264 g/mol. The molecule has 0 amide bonds. The molecule has 0 aliphatic carbocycles. The van der Waals surface area contributed by atoms with Crippen molar-refractivity contribution in [2.75, 3.05) is 33.9 Å². The van der Waals surface area contributed by atoms with Gasteiger partial charge in [0.1, 0.15) is 5.75 Å². The van der Waals surface area contributed by atoms with Crippen molar-refractivity contribution in [3.63, 3.8) is 0 Å². The van der Waals surface area contributed by atoms with Crippen LogP contribution in [0, 0.1) is 5.41 Å². The van der Waals surface area contributed by atoms with Crippen molar-refractivity contribution in [2.45, 2.75) is 19.4 Å². The minimum absolute atomic E-state index is 0.0194. The number of aryl methyl sites for hydroxylation is 1. The van der Waals surface area contributed by atoms with Crippen molar-refractivity contribution in [2.24, 2.45) is 11.1 Å². The molecule has 1 aliphatic heterocycles. The van der Waals surface area contributed by atoms with Crippen LogP contribution in [0.3, 0.4) is 0 Å². The second-order valence-corrected chi connectivity index (χ2v) is 5.21. The molecule has 0 aromatic heterocycles. The van der Waals surface area contributed by atoms with Gasteiger partial charge in [0.15, 0.2) is 0 Å². The van der Waals surface area contributed by atoms with Gasteiger partial charge in [-0.15, -0.1) is 0 Å². The van der Waals surface area contributed by atoms with E-state index in [2.05, 4.69) is 24.4 Å². The van der Waals surface area contributed by atoms with E-state index in [0.717, 1.165) is 12.2 Å². The molecule has 0 radical (unpaired) electrons. The zero-order valence-electron chi connectivity index (χ0n) is 12.0. The van der Waals surface area contributed by atoms with E-state index in [1.165, 1.54) is 11.1 Å². The molecule has 1 aliphatic rings. The van der Waals surface area contributed by atoms with Gasteiger partial charge >= 0.3 is 0 Å². The second kappa shape index (κ2) is 5.90. The van der Waals surface area contributed by atoms with E-state index < -0.39 is 0 Å². The molecule has 3 N–H and O–H groups in total. The maximum Gasteiger partial charge on any atom is 0.123 e. The predicted molar refractivity (Wildman–Crippen MR) is 76.5 cm³/mol. The van der Waals surface area contributed by atoms with E-state index in [1.54, 1.807) is 7.11 Å². The van der Waals surface area contributed by atoms with Crippen molar-refractivity contribution < 1.29 is 9.47 Å². The highest BCUT2D eigenvalue weighted by Gasteiger charge is 2.45. The number of nitrogens with one attached hydrogen (secondary N) is 1. The molecule has 1 fully saturated rings. The first kappa shape index (κ1) is 14.3. The molecule has 1 aromatic rings. The highest BCUT2D eigenvalue weighted by molar-refractivity contribution is 5.41. The van der Waals surface area contributed by atoms with Crippen molar-refractivity contribution in [3.05, 3.63) is 29.3 Å². The van der Waals surface area contributed by atoms with Crippen molar-refractivity contribution in [3.8, 4) is 5.75 Å². The number of methoxy groups -OCH3 is 1. The Labute approximate surface area is 115 Å². The van der Waals surface area contributed by atoms with Crippen molar-refractivity contribution >= 4 is 0 Å². The van der Waals surface area contributed by atoms with E-state index in [9.17, 15) is 0 Å². The number of nitrogens with two attached hydrogens (primary N) is 1. The first-order chi connectivity index (χ1) is 9.20. The summed E-state index contributed by atoms with van der Waals surface area (Å²) in [5, 5.41) is 3.40. The van der Waals surface area contributed by atoms with Gasteiger partial charge in [0.25, 0.3) is 0 Å². The molecule has 0 bridgehead atoms. The summed E-state index contributed by atoms with van der Waals surface area (Å²) in [7, 11) is 3.68. The van der Waals surface area contributed by atoms with E-state index >= 15 is 0 Å². The van der Waals surface area contributed by atoms with E-state index in [-0.39, 0.29) is 11.5 Å². The molecule has 0 spiro atoms. The Morgan fingerprint density at radius 2 is 2.21 bits per heavy atom. The van der Waals surface area contributed by atoms with Gasteiger partial charge < -0.3 is 20.5 Å². The van der Waals surface area contributed by atoms with Crippen molar-refractivity contribution in [1.29, 1.82) is 0 Å². The van der Waals surface area contributed by atoms with Gasteiger partial charge in [0.2, 0.25) is 0 Å². The third kappa shape index (κ3) is 2.48. The summed E-state index contributed by atoms with van der Waals surface area (Å²) in [5.74, 6) is 0.913. The summed E-state index contributed by atoms with van der Waals surface area (Å²) in [6.45, 7) is 4.17. The molecule has 106 valence electrons. The lowest BCUT2D eigenvalue weighted by molar-refractivity contribution is -0.127. The fourth-order valence-electron chi connectivity index (χ4n) is 2.79. The van der Waals surface area contributed by atoms with Crippen LogP contribution in [-0.2, 0) is 11.2 Å². The third-order valence-corrected chi connectivity index (χ3v) is 4.10. The number of hydrogen-bond donors (Lipinski definition) is 2. The molecule has 19 heavy (non-hydrogen) atoms. The minimum Gasteiger partial charge on any atom is -0.496 e. The molecular weight excluding hydrogens is 240 g/mol. The van der Waals surface area contributed by atoms with Crippen LogP contribution in [0.15, 0.2) is 18.2 Å². The zero-order valence-corrected chi connectivity index (χ0v) is 12.0. The van der Waals surface area contributed by atoms with Gasteiger partial charge in [-0.25, -0.2) is 0 Å². The van der Waals surface area contributed by atoms with Crippen LogP contribution in [0.2, 0.25) is 0 Å². The van der Waals surface area contributed by atoms with Gasteiger partial charge in [-0.05, 0) is 25.1 Å². The van der Waals surface area contributed by atoms with Crippen LogP contribution in [0.1, 0.15) is 24.1 Å². The molecule has 1 saturated heterocycles. The molecular formula is C15H24N2O2. The van der Waals surface area contributed by atoms with Gasteiger partial charge in [-0.1, -0.05) is 19.1 Å². The Morgan fingerprint density at radius 1 is 1.47 bits per heavy atom. The summed E-state index contributed by atoms with van der Waals surface area (Å²) in [4.78, 5) is 0. The first-order valence-corrected chi connectivity index (χ1v) is 6.82. The summed E-state index contributed by atoms with van der Waals surface area (Å²) in [6.07, 6.45) is 1.01. The van der Waals surface area contributed by atoms with Gasteiger partial charge in [0, 0.05) is 23.6 Å². The van der Waals surface area contributed by atoms with E-state index in [0.29, 0.717) is 19.8 Å². The largest absolute Gasteiger partial charge is 0.496 e. The second-order valence-electron chi connectivity index (χ2n) is 5.21. The van der Waals surface area contributed by atoms with Gasteiger partial charge in [-0.2, -0.15) is 0 Å². The molecule has 4 nitrogen and oxygen atoms in total. The van der Waals surface area contributed by atoms with Crippen LogP contribution < -0.4 is 15.8 Å². The minimum atomic E-state index is -0.0194. The quantitative estimate of drug-likeness (QED) is 0.817. The molecule has 4 heteroatoms. The Balaban J connectivity index is 2.41. The average Bonchev–Trinajstić information content (AvgIpc) is 2.42. The Bertz CT molecular complexity index is 425. The number of hydrogen-bond acceptors (Lipinski definition) is 4. The monoisotopic (exact) mass is 264 g/mol. The van der Waals surface area contributed by atoms with E-state index in [1.807, 2.05) is 13.1 Å². The van der Waals surface area contributed by atoms with E-state index in [4.69, 9.17) is 15.2 Å². The fourth-order valence-corrected chi connectivity index (χ4v) is 2.79. The van der Waals surface area contributed by atoms with Crippen LogP contribution in [0.4, 0.5) is 0 Å². The van der Waals surface area contributed by atoms with Crippen LogP contribution in [0.5, 0.6) is 5.75 Å². The smallest absolute Gasteiger partial charge is 0.123 e. The van der Waals surface area contributed by atoms with Gasteiger partial charge in [-0.3, -0.25) is 0 Å². The zero-order chi connectivity index (χ0) is 13.9. The Kier molecular flexibility index (Phi) is 4.45. The van der Waals surface area contributed by atoms with Crippen LogP contribution in [0.25, 0.3) is 0 Å². The van der Waals surface area contributed by atoms with Crippen LogP contribution >= 0.6 is 0 Å². The summed E-state index contributed by atoms with van der Waals surface area (Å²) >= 11 is 0. The Morgan fingerprint density at radius 3 is 2.63 bits per heavy atom. The summed E-state index contributed by atoms with van der Waals surface area (Å²) in [5.41, 5.74) is 8.45. The first-order valence-electron chi connectivity index (χ1n) is 6.82. The molecule has 2 rings (SSSR count).